The number of aromatic nitrogens is 5. The average Bonchev–Trinajstić information content (AvgIpc) is 3.22. The topological polar surface area (TPSA) is 76.3 Å². The number of pyridine rings is 1. The van der Waals surface area contributed by atoms with Crippen molar-refractivity contribution >= 4 is 11.7 Å². The molecule has 176 valence electrons. The molecule has 33 heavy (non-hydrogen) atoms. The third-order valence-electron chi connectivity index (χ3n) is 5.73. The number of rotatable bonds is 3. The van der Waals surface area contributed by atoms with E-state index in [4.69, 9.17) is 0 Å². The molecule has 13 heteroatoms. The van der Waals surface area contributed by atoms with Gasteiger partial charge in [-0.15, -0.1) is 0 Å². The molecule has 1 saturated heterocycles. The van der Waals surface area contributed by atoms with E-state index in [9.17, 15) is 31.1 Å². The van der Waals surface area contributed by atoms with Gasteiger partial charge in [-0.05, 0) is 31.4 Å². The monoisotopic (exact) mass is 472 g/mol. The molecule has 0 aliphatic carbocycles. The van der Waals surface area contributed by atoms with Crippen LogP contribution in [0, 0.1) is 18.7 Å². The minimum atomic E-state index is -5.06. The summed E-state index contributed by atoms with van der Waals surface area (Å²) >= 11 is 0. The van der Waals surface area contributed by atoms with Gasteiger partial charge in [0.1, 0.15) is 12.0 Å². The summed E-state index contributed by atoms with van der Waals surface area (Å²) < 4.78 is 82.1. The van der Waals surface area contributed by atoms with Crippen molar-refractivity contribution < 1.29 is 31.1 Å². The lowest BCUT2D eigenvalue weighted by Crippen LogP contribution is -2.43. The fraction of sp³-hybridized carbons (Fsp3) is 0.450. The number of carbonyl (C=O) groups is 1. The molecule has 1 amide bonds. The van der Waals surface area contributed by atoms with E-state index in [2.05, 4.69) is 20.1 Å². The predicted molar refractivity (Wildman–Crippen MR) is 102 cm³/mol. The Kier molecular flexibility index (Phi) is 5.74. The van der Waals surface area contributed by atoms with Gasteiger partial charge in [-0.25, -0.2) is 27.7 Å². The SMILES string of the molecule is Cc1cc(C(=O)N2CC[C@@H](C)[C@H](c3cc(C(F)F)nc4ncnn34)C2)c(F)c(C(F)(F)F)n1. The van der Waals surface area contributed by atoms with E-state index in [1.807, 2.05) is 6.92 Å². The number of likely N-dealkylation sites (tertiary alicyclic amines) is 1. The second-order valence-electron chi connectivity index (χ2n) is 7.97. The molecule has 0 aromatic carbocycles. The fourth-order valence-electron chi connectivity index (χ4n) is 4.04. The highest BCUT2D eigenvalue weighted by Crippen LogP contribution is 2.36. The minimum absolute atomic E-state index is 0.0379. The second-order valence-corrected chi connectivity index (χ2v) is 7.97. The number of hydrogen-bond acceptors (Lipinski definition) is 5. The third-order valence-corrected chi connectivity index (χ3v) is 5.73. The van der Waals surface area contributed by atoms with Gasteiger partial charge < -0.3 is 4.90 Å². The van der Waals surface area contributed by atoms with Crippen LogP contribution < -0.4 is 0 Å². The molecule has 1 fully saturated rings. The summed E-state index contributed by atoms with van der Waals surface area (Å²) in [7, 11) is 0. The quantitative estimate of drug-likeness (QED) is 0.535. The van der Waals surface area contributed by atoms with Crippen molar-refractivity contribution in [3.05, 3.63) is 52.6 Å². The van der Waals surface area contributed by atoms with Crippen molar-refractivity contribution in [2.24, 2.45) is 5.92 Å². The van der Waals surface area contributed by atoms with Crippen molar-refractivity contribution in [3.8, 4) is 0 Å². The first-order valence-electron chi connectivity index (χ1n) is 9.99. The van der Waals surface area contributed by atoms with E-state index in [0.717, 1.165) is 12.4 Å². The third kappa shape index (κ3) is 4.23. The summed E-state index contributed by atoms with van der Waals surface area (Å²) in [5, 5.41) is 4.02. The zero-order valence-electron chi connectivity index (χ0n) is 17.4. The summed E-state index contributed by atoms with van der Waals surface area (Å²) in [5.41, 5.74) is -2.83. The Labute approximate surface area is 183 Å². The number of amides is 1. The Hall–Kier alpha value is -3.25. The van der Waals surface area contributed by atoms with Gasteiger partial charge in [0.25, 0.3) is 18.1 Å². The molecule has 4 rings (SSSR count). The van der Waals surface area contributed by atoms with Crippen molar-refractivity contribution in [1.29, 1.82) is 0 Å². The van der Waals surface area contributed by atoms with Gasteiger partial charge in [-0.1, -0.05) is 6.92 Å². The van der Waals surface area contributed by atoms with Gasteiger partial charge in [0.15, 0.2) is 11.5 Å². The molecular weight excluding hydrogens is 454 g/mol. The molecule has 0 spiro atoms. The number of alkyl halides is 5. The largest absolute Gasteiger partial charge is 0.436 e. The maximum Gasteiger partial charge on any atom is 0.436 e. The first-order valence-corrected chi connectivity index (χ1v) is 9.99. The average molecular weight is 472 g/mol. The standard InChI is InChI=1S/C20H18F6N6O/c1-9-3-4-31(18(33)11-5-10(2)29-16(15(11)21)20(24,25)26)7-12(9)14-6-13(17(22)23)30-19-27-8-28-32(14)19/h5-6,8-9,12,17H,3-4,7H2,1-2H3/t9-,12-/m1/s1. The van der Waals surface area contributed by atoms with Crippen LogP contribution in [0.4, 0.5) is 26.3 Å². The summed E-state index contributed by atoms with van der Waals surface area (Å²) in [6.45, 7) is 3.21. The lowest BCUT2D eigenvalue weighted by molar-refractivity contribution is -0.143. The minimum Gasteiger partial charge on any atom is -0.338 e. The van der Waals surface area contributed by atoms with Crippen molar-refractivity contribution in [1.82, 2.24) is 29.5 Å². The Balaban J connectivity index is 1.71. The predicted octanol–water partition coefficient (Wildman–Crippen LogP) is 4.19. The number of hydrogen-bond donors (Lipinski definition) is 0. The van der Waals surface area contributed by atoms with Gasteiger partial charge in [-0.3, -0.25) is 4.79 Å². The lowest BCUT2D eigenvalue weighted by Gasteiger charge is -2.37. The van der Waals surface area contributed by atoms with Crippen LogP contribution >= 0.6 is 0 Å². The van der Waals surface area contributed by atoms with Crippen LogP contribution in [0.3, 0.4) is 0 Å². The highest BCUT2D eigenvalue weighted by molar-refractivity contribution is 5.95. The molecule has 1 aliphatic rings. The van der Waals surface area contributed by atoms with Gasteiger partial charge in [-0.2, -0.15) is 23.3 Å². The molecule has 0 bridgehead atoms. The zero-order valence-corrected chi connectivity index (χ0v) is 17.4. The molecule has 4 heterocycles. The molecule has 0 N–H and O–H groups in total. The smallest absolute Gasteiger partial charge is 0.338 e. The summed E-state index contributed by atoms with van der Waals surface area (Å²) in [5.74, 6) is -3.32. The number of fused-ring (bicyclic) bond motifs is 1. The molecular formula is C20H18F6N6O. The van der Waals surface area contributed by atoms with Crippen molar-refractivity contribution in [2.45, 2.75) is 38.8 Å². The van der Waals surface area contributed by atoms with E-state index < -0.39 is 47.2 Å². The molecule has 7 nitrogen and oxygen atoms in total. The van der Waals surface area contributed by atoms with E-state index in [0.29, 0.717) is 12.1 Å². The molecule has 2 atom stereocenters. The number of nitrogens with zero attached hydrogens (tertiary/aromatic N) is 6. The van der Waals surface area contributed by atoms with Crippen LogP contribution in [0.25, 0.3) is 5.78 Å². The van der Waals surface area contributed by atoms with Gasteiger partial charge in [0.2, 0.25) is 0 Å². The number of piperidine rings is 1. The molecule has 1 aliphatic heterocycles. The van der Waals surface area contributed by atoms with Gasteiger partial charge in [0.05, 0.1) is 11.3 Å². The van der Waals surface area contributed by atoms with E-state index >= 15 is 0 Å². The zero-order chi connectivity index (χ0) is 24.1. The summed E-state index contributed by atoms with van der Waals surface area (Å²) in [6.07, 6.45) is -6.36. The summed E-state index contributed by atoms with van der Waals surface area (Å²) in [4.78, 5) is 25.1. The highest BCUT2D eigenvalue weighted by Gasteiger charge is 2.40. The van der Waals surface area contributed by atoms with Crippen LogP contribution in [-0.4, -0.2) is 48.5 Å². The molecule has 3 aromatic heterocycles. The van der Waals surface area contributed by atoms with Gasteiger partial charge >= 0.3 is 6.18 Å². The van der Waals surface area contributed by atoms with Crippen LogP contribution in [0.1, 0.15) is 58.8 Å². The fourth-order valence-corrected chi connectivity index (χ4v) is 4.04. The normalized spacial score (nSPS) is 19.5. The first-order chi connectivity index (χ1) is 15.5. The van der Waals surface area contributed by atoms with Crippen LogP contribution in [0.15, 0.2) is 18.5 Å². The summed E-state index contributed by atoms with van der Waals surface area (Å²) in [6, 6.07) is 2.15. The van der Waals surface area contributed by atoms with E-state index in [-0.39, 0.29) is 30.5 Å². The highest BCUT2D eigenvalue weighted by atomic mass is 19.4. The first kappa shape index (κ1) is 22.9. The second kappa shape index (κ2) is 8.27. The van der Waals surface area contributed by atoms with Crippen molar-refractivity contribution in [3.63, 3.8) is 0 Å². The van der Waals surface area contributed by atoms with Gasteiger partial charge in [0, 0.05) is 24.7 Å². The van der Waals surface area contributed by atoms with Crippen LogP contribution in [-0.2, 0) is 6.18 Å². The Bertz CT molecular complexity index is 1210. The molecule has 0 saturated carbocycles. The Morgan fingerprint density at radius 2 is 1.94 bits per heavy atom. The maximum atomic E-state index is 14.6. The number of aryl methyl sites for hydroxylation is 1. The van der Waals surface area contributed by atoms with Crippen LogP contribution in [0.2, 0.25) is 0 Å². The molecule has 0 unspecified atom stereocenters. The molecule has 3 aromatic rings. The Morgan fingerprint density at radius 1 is 1.21 bits per heavy atom. The molecule has 0 radical (unpaired) electrons. The Morgan fingerprint density at radius 3 is 2.61 bits per heavy atom. The maximum absolute atomic E-state index is 14.6. The lowest BCUT2D eigenvalue weighted by atomic mass is 9.84. The van der Waals surface area contributed by atoms with E-state index in [1.54, 1.807) is 0 Å². The number of halogens is 6. The van der Waals surface area contributed by atoms with Crippen molar-refractivity contribution in [2.75, 3.05) is 13.1 Å². The van der Waals surface area contributed by atoms with E-state index in [1.165, 1.54) is 22.4 Å². The van der Waals surface area contributed by atoms with Crippen LogP contribution in [0.5, 0.6) is 0 Å². The number of carbonyl (C=O) groups excluding carboxylic acids is 1.